The molecule has 3 rings (SSSR count). The van der Waals surface area contributed by atoms with E-state index in [1.54, 1.807) is 6.08 Å². The number of ether oxygens (including phenoxy) is 3. The van der Waals surface area contributed by atoms with Crippen LogP contribution in [0.15, 0.2) is 11.6 Å². The van der Waals surface area contributed by atoms with E-state index in [-0.39, 0.29) is 36.7 Å². The first kappa shape index (κ1) is 20.5. The molecule has 27 heavy (non-hydrogen) atoms. The van der Waals surface area contributed by atoms with Crippen molar-refractivity contribution in [2.24, 2.45) is 17.8 Å². The Bertz CT molecular complexity index is 561. The van der Waals surface area contributed by atoms with Gasteiger partial charge in [-0.3, -0.25) is 9.59 Å². The summed E-state index contributed by atoms with van der Waals surface area (Å²) in [6.07, 6.45) is 7.87. The highest BCUT2D eigenvalue weighted by Gasteiger charge is 2.36. The highest BCUT2D eigenvalue weighted by molar-refractivity contribution is 6.01. The summed E-state index contributed by atoms with van der Waals surface area (Å²) in [5, 5.41) is 0. The molecule has 5 nitrogen and oxygen atoms in total. The Morgan fingerprint density at radius 3 is 2.74 bits per heavy atom. The summed E-state index contributed by atoms with van der Waals surface area (Å²) in [7, 11) is 0. The molecule has 1 saturated carbocycles. The lowest BCUT2D eigenvalue weighted by Crippen LogP contribution is -2.38. The quantitative estimate of drug-likeness (QED) is 0.649. The van der Waals surface area contributed by atoms with Gasteiger partial charge in [0.15, 0.2) is 12.1 Å². The van der Waals surface area contributed by atoms with E-state index in [9.17, 15) is 9.59 Å². The van der Waals surface area contributed by atoms with Crippen molar-refractivity contribution < 1.29 is 23.8 Å². The number of carbonyl (C=O) groups excluding carboxylic acids is 2. The van der Waals surface area contributed by atoms with Crippen molar-refractivity contribution in [1.82, 2.24) is 0 Å². The Balaban J connectivity index is 1.53. The summed E-state index contributed by atoms with van der Waals surface area (Å²) in [4.78, 5) is 24.8. The molecule has 0 aromatic carbocycles. The zero-order valence-corrected chi connectivity index (χ0v) is 16.9. The first-order valence-corrected chi connectivity index (χ1v) is 10.6. The second-order valence-corrected chi connectivity index (χ2v) is 8.72. The van der Waals surface area contributed by atoms with Gasteiger partial charge >= 0.3 is 5.97 Å². The predicted octanol–water partition coefficient (Wildman–Crippen LogP) is 4.19. The normalized spacial score (nSPS) is 34.6. The van der Waals surface area contributed by atoms with Crippen LogP contribution in [-0.2, 0) is 23.8 Å². The van der Waals surface area contributed by atoms with Crippen LogP contribution < -0.4 is 0 Å². The lowest BCUT2D eigenvalue weighted by Gasteiger charge is -2.38. The van der Waals surface area contributed by atoms with Crippen LogP contribution in [0, 0.1) is 17.8 Å². The molecular weight excluding hydrogens is 344 g/mol. The van der Waals surface area contributed by atoms with E-state index in [1.165, 1.54) is 6.42 Å². The third-order valence-corrected chi connectivity index (χ3v) is 6.22. The van der Waals surface area contributed by atoms with Gasteiger partial charge in [-0.1, -0.05) is 27.2 Å². The van der Waals surface area contributed by atoms with Crippen molar-refractivity contribution in [3.05, 3.63) is 11.6 Å². The maximum absolute atomic E-state index is 12.5. The molecule has 0 spiro atoms. The fourth-order valence-corrected chi connectivity index (χ4v) is 4.93. The summed E-state index contributed by atoms with van der Waals surface area (Å²) in [6.45, 7) is 7.37. The first-order valence-electron chi connectivity index (χ1n) is 10.6. The van der Waals surface area contributed by atoms with Gasteiger partial charge in [0.25, 0.3) is 0 Å². The zero-order chi connectivity index (χ0) is 19.4. The smallest absolute Gasteiger partial charge is 0.310 e. The van der Waals surface area contributed by atoms with Gasteiger partial charge in [-0.25, -0.2) is 0 Å². The Morgan fingerprint density at radius 2 is 2.04 bits per heavy atom. The van der Waals surface area contributed by atoms with Crippen LogP contribution in [0.3, 0.4) is 0 Å². The molecule has 5 atom stereocenters. The van der Waals surface area contributed by atoms with Gasteiger partial charge in [0.2, 0.25) is 0 Å². The van der Waals surface area contributed by atoms with Gasteiger partial charge in [-0.05, 0) is 50.0 Å². The zero-order valence-electron chi connectivity index (χ0n) is 16.9. The van der Waals surface area contributed by atoms with Crippen molar-refractivity contribution in [2.45, 2.75) is 90.6 Å². The molecule has 1 saturated heterocycles. The average molecular weight is 379 g/mol. The number of rotatable bonds is 6. The Kier molecular flexibility index (Phi) is 7.10. The molecule has 0 bridgehead atoms. The molecule has 0 aromatic rings. The van der Waals surface area contributed by atoms with Gasteiger partial charge in [-0.2, -0.15) is 0 Å². The number of esters is 1. The van der Waals surface area contributed by atoms with Gasteiger partial charge in [-0.15, -0.1) is 0 Å². The summed E-state index contributed by atoms with van der Waals surface area (Å²) in [6, 6.07) is 0. The molecule has 3 aliphatic rings. The fourth-order valence-electron chi connectivity index (χ4n) is 4.93. The van der Waals surface area contributed by atoms with Gasteiger partial charge in [0.05, 0.1) is 12.5 Å². The fraction of sp³-hybridized carbons (Fsp3) is 0.818. The van der Waals surface area contributed by atoms with Crippen LogP contribution in [0.4, 0.5) is 0 Å². The first-order chi connectivity index (χ1) is 12.9. The van der Waals surface area contributed by atoms with Crippen molar-refractivity contribution in [3.63, 3.8) is 0 Å². The van der Waals surface area contributed by atoms with Gasteiger partial charge in [0.1, 0.15) is 6.10 Å². The minimum atomic E-state index is -0.283. The summed E-state index contributed by atoms with van der Waals surface area (Å²) < 4.78 is 17.3. The second kappa shape index (κ2) is 9.33. The van der Waals surface area contributed by atoms with Crippen LogP contribution >= 0.6 is 0 Å². The molecule has 2 aliphatic carbocycles. The Hall–Kier alpha value is -1.20. The van der Waals surface area contributed by atoms with Crippen molar-refractivity contribution in [2.75, 3.05) is 6.61 Å². The minimum absolute atomic E-state index is 0.00909. The second-order valence-electron chi connectivity index (χ2n) is 8.72. The Labute approximate surface area is 162 Å². The molecule has 0 N–H and O–H groups in total. The molecule has 0 aromatic heterocycles. The van der Waals surface area contributed by atoms with Crippen LogP contribution in [0.25, 0.3) is 0 Å². The monoisotopic (exact) mass is 378 g/mol. The Morgan fingerprint density at radius 1 is 1.22 bits per heavy atom. The van der Waals surface area contributed by atoms with Crippen LogP contribution in [0.1, 0.15) is 72.1 Å². The molecule has 0 radical (unpaired) electrons. The van der Waals surface area contributed by atoms with Crippen molar-refractivity contribution >= 4 is 11.8 Å². The lowest BCUT2D eigenvalue weighted by atomic mass is 9.72. The van der Waals surface area contributed by atoms with E-state index in [0.717, 1.165) is 32.1 Å². The van der Waals surface area contributed by atoms with E-state index < -0.39 is 0 Å². The standard InChI is InChI=1S/C22H34O5/c1-14(2)22-15(3)7-6-8-19(22)27-20(24)12-16-11-17(13-18(16)23)26-21-9-4-5-10-25-21/h11,14-15,17,19,21-22H,4-10,12-13H2,1-3H3/t15?,17-,19?,21?,22?/m0/s1. The molecular formula is C22H34O5. The lowest BCUT2D eigenvalue weighted by molar-refractivity contribution is -0.178. The topological polar surface area (TPSA) is 61.8 Å². The highest BCUT2D eigenvalue weighted by atomic mass is 16.7. The van der Waals surface area contributed by atoms with Crippen LogP contribution in [-0.4, -0.2) is 36.9 Å². The maximum Gasteiger partial charge on any atom is 0.310 e. The number of carbonyl (C=O) groups is 2. The van der Waals surface area contributed by atoms with Gasteiger partial charge < -0.3 is 14.2 Å². The molecule has 2 fully saturated rings. The number of Topliss-reactive ketones (excluding diaryl/α,β-unsaturated/α-hetero) is 1. The van der Waals surface area contributed by atoms with E-state index in [0.29, 0.717) is 36.4 Å². The summed E-state index contributed by atoms with van der Waals surface area (Å²) in [5.74, 6) is 1.16. The van der Waals surface area contributed by atoms with Gasteiger partial charge in [0, 0.05) is 24.5 Å². The van der Waals surface area contributed by atoms with E-state index in [4.69, 9.17) is 14.2 Å². The highest BCUT2D eigenvalue weighted by Crippen LogP contribution is 2.37. The molecule has 4 unspecified atom stereocenters. The van der Waals surface area contributed by atoms with Crippen LogP contribution in [0.2, 0.25) is 0 Å². The van der Waals surface area contributed by atoms with E-state index >= 15 is 0 Å². The largest absolute Gasteiger partial charge is 0.462 e. The summed E-state index contributed by atoms with van der Waals surface area (Å²) >= 11 is 0. The third kappa shape index (κ3) is 5.41. The predicted molar refractivity (Wildman–Crippen MR) is 102 cm³/mol. The molecule has 1 heterocycles. The average Bonchev–Trinajstić information content (AvgIpc) is 2.94. The third-order valence-electron chi connectivity index (χ3n) is 6.22. The molecule has 0 amide bonds. The van der Waals surface area contributed by atoms with E-state index in [2.05, 4.69) is 20.8 Å². The van der Waals surface area contributed by atoms with Crippen molar-refractivity contribution in [3.8, 4) is 0 Å². The van der Waals surface area contributed by atoms with Crippen LogP contribution in [0.5, 0.6) is 0 Å². The SMILES string of the molecule is CC(C)C1C(C)CCCC1OC(=O)CC1=C[C@H](OC2CCCCO2)CC1=O. The summed E-state index contributed by atoms with van der Waals surface area (Å²) in [5.41, 5.74) is 0.533. The molecule has 1 aliphatic heterocycles. The maximum atomic E-state index is 12.5. The van der Waals surface area contributed by atoms with Crippen molar-refractivity contribution in [1.29, 1.82) is 0 Å². The number of hydrogen-bond donors (Lipinski definition) is 0. The minimum Gasteiger partial charge on any atom is -0.462 e. The molecule has 152 valence electrons. The molecule has 5 heteroatoms. The number of hydrogen-bond acceptors (Lipinski definition) is 5. The number of ketones is 1. The van der Waals surface area contributed by atoms with E-state index in [1.807, 2.05) is 0 Å².